The Balaban J connectivity index is 2.20. The monoisotopic (exact) mass is 320 g/mol. The Hall–Kier alpha value is -1.23. The van der Waals surface area contributed by atoms with E-state index in [0.717, 1.165) is 31.9 Å². The minimum absolute atomic E-state index is 0.521. The van der Waals surface area contributed by atoms with E-state index in [1.54, 1.807) is 11.3 Å². The molecule has 0 saturated carbocycles. The van der Waals surface area contributed by atoms with Crippen LogP contribution in [-0.4, -0.2) is 17.2 Å². The molecule has 5 heteroatoms. The molecule has 1 aliphatic rings. The van der Waals surface area contributed by atoms with E-state index in [-0.39, 0.29) is 0 Å². The van der Waals surface area contributed by atoms with Gasteiger partial charge in [0.25, 0.3) is 0 Å². The van der Waals surface area contributed by atoms with Gasteiger partial charge in [0.15, 0.2) is 0 Å². The fourth-order valence-corrected chi connectivity index (χ4v) is 3.68. The maximum Gasteiger partial charge on any atom is 0.103 e. The Morgan fingerprint density at radius 3 is 2.65 bits per heavy atom. The lowest BCUT2D eigenvalue weighted by molar-refractivity contribution is 1.31. The Morgan fingerprint density at radius 1 is 1.25 bits per heavy atom. The standard InChI is InChI=1S/C15H13ClN2S2/c1-8-9(2)20-15-13(8)14(17-7-12(19)18-15)10-3-5-11(16)6-4-10/h3-6H,7H2,1-2H3,(H,18,19). The first kappa shape index (κ1) is 13.7. The van der Waals surface area contributed by atoms with Crippen molar-refractivity contribution in [1.29, 1.82) is 0 Å². The average Bonchev–Trinajstić information content (AvgIpc) is 2.59. The van der Waals surface area contributed by atoms with Gasteiger partial charge in [-0.3, -0.25) is 4.99 Å². The molecule has 3 rings (SSSR count). The highest BCUT2D eigenvalue weighted by Gasteiger charge is 2.22. The molecule has 1 aromatic carbocycles. The van der Waals surface area contributed by atoms with Gasteiger partial charge in [0.1, 0.15) is 9.99 Å². The number of aliphatic imine (C=N–C) groups is 1. The molecule has 20 heavy (non-hydrogen) atoms. The van der Waals surface area contributed by atoms with Crippen molar-refractivity contribution in [2.45, 2.75) is 13.8 Å². The van der Waals surface area contributed by atoms with Gasteiger partial charge in [0, 0.05) is 21.0 Å². The molecule has 2 heterocycles. The van der Waals surface area contributed by atoms with Crippen LogP contribution in [-0.2, 0) is 0 Å². The number of anilines is 1. The third-order valence-corrected chi connectivity index (χ3v) is 4.98. The fourth-order valence-electron chi connectivity index (χ4n) is 2.24. The molecule has 0 amide bonds. The van der Waals surface area contributed by atoms with Crippen molar-refractivity contribution in [3.63, 3.8) is 0 Å². The summed E-state index contributed by atoms with van der Waals surface area (Å²) in [6, 6.07) is 7.80. The predicted molar refractivity (Wildman–Crippen MR) is 92.0 cm³/mol. The minimum atomic E-state index is 0.521. The minimum Gasteiger partial charge on any atom is -0.340 e. The van der Waals surface area contributed by atoms with Crippen molar-refractivity contribution in [3.05, 3.63) is 50.9 Å². The predicted octanol–water partition coefficient (Wildman–Crippen LogP) is 4.61. The van der Waals surface area contributed by atoms with Crippen LogP contribution in [0.3, 0.4) is 0 Å². The first-order valence-electron chi connectivity index (χ1n) is 6.27. The normalized spacial score (nSPS) is 14.3. The van der Waals surface area contributed by atoms with E-state index >= 15 is 0 Å². The van der Waals surface area contributed by atoms with Crippen LogP contribution in [0.25, 0.3) is 0 Å². The molecular weight excluding hydrogens is 308 g/mol. The van der Waals surface area contributed by atoms with E-state index in [2.05, 4.69) is 19.2 Å². The molecule has 2 nitrogen and oxygen atoms in total. The molecule has 0 atom stereocenters. The summed E-state index contributed by atoms with van der Waals surface area (Å²) in [6.07, 6.45) is 0. The number of aryl methyl sites for hydroxylation is 1. The van der Waals surface area contributed by atoms with Crippen LogP contribution in [0, 0.1) is 13.8 Å². The van der Waals surface area contributed by atoms with Crippen molar-refractivity contribution in [3.8, 4) is 0 Å². The summed E-state index contributed by atoms with van der Waals surface area (Å²) in [5, 5.41) is 5.13. The quantitative estimate of drug-likeness (QED) is 0.776. The summed E-state index contributed by atoms with van der Waals surface area (Å²) >= 11 is 13.0. The number of hydrogen-bond donors (Lipinski definition) is 1. The van der Waals surface area contributed by atoms with E-state index in [1.807, 2.05) is 24.3 Å². The molecular formula is C15H13ClN2S2. The number of hydrogen-bond acceptors (Lipinski definition) is 3. The van der Waals surface area contributed by atoms with Gasteiger partial charge in [-0.05, 0) is 31.5 Å². The van der Waals surface area contributed by atoms with Crippen LogP contribution in [0.5, 0.6) is 0 Å². The second-order valence-electron chi connectivity index (χ2n) is 4.71. The molecule has 102 valence electrons. The van der Waals surface area contributed by atoms with E-state index in [9.17, 15) is 0 Å². The van der Waals surface area contributed by atoms with Crippen LogP contribution in [0.4, 0.5) is 5.00 Å². The van der Waals surface area contributed by atoms with Crippen molar-refractivity contribution in [1.82, 2.24) is 0 Å². The van der Waals surface area contributed by atoms with E-state index in [4.69, 9.17) is 28.8 Å². The molecule has 0 bridgehead atoms. The Kier molecular flexibility index (Phi) is 3.63. The third kappa shape index (κ3) is 2.39. The molecule has 1 N–H and O–H groups in total. The molecule has 0 saturated heterocycles. The lowest BCUT2D eigenvalue weighted by Crippen LogP contribution is -2.09. The maximum atomic E-state index is 5.97. The zero-order valence-electron chi connectivity index (χ0n) is 11.2. The lowest BCUT2D eigenvalue weighted by Gasteiger charge is -2.07. The zero-order valence-corrected chi connectivity index (χ0v) is 13.5. The van der Waals surface area contributed by atoms with Crippen LogP contribution < -0.4 is 5.32 Å². The number of thiocarbonyl (C=S) groups is 1. The van der Waals surface area contributed by atoms with Crippen molar-refractivity contribution < 1.29 is 0 Å². The summed E-state index contributed by atoms with van der Waals surface area (Å²) in [7, 11) is 0. The Bertz CT molecular complexity index is 714. The van der Waals surface area contributed by atoms with Crippen LogP contribution in [0.1, 0.15) is 21.6 Å². The highest BCUT2D eigenvalue weighted by molar-refractivity contribution is 7.80. The Labute approximate surface area is 132 Å². The van der Waals surface area contributed by atoms with E-state index < -0.39 is 0 Å². The molecule has 0 aliphatic carbocycles. The number of rotatable bonds is 1. The van der Waals surface area contributed by atoms with Gasteiger partial charge in [-0.15, -0.1) is 11.3 Å². The Morgan fingerprint density at radius 2 is 1.95 bits per heavy atom. The highest BCUT2D eigenvalue weighted by atomic mass is 35.5. The first-order valence-corrected chi connectivity index (χ1v) is 7.87. The van der Waals surface area contributed by atoms with Gasteiger partial charge >= 0.3 is 0 Å². The molecule has 0 unspecified atom stereocenters. The summed E-state index contributed by atoms with van der Waals surface area (Å²) in [5.74, 6) is 0. The van der Waals surface area contributed by atoms with Crippen molar-refractivity contribution in [2.75, 3.05) is 11.9 Å². The summed E-state index contributed by atoms with van der Waals surface area (Å²) in [6.45, 7) is 4.78. The van der Waals surface area contributed by atoms with Gasteiger partial charge in [-0.25, -0.2) is 0 Å². The SMILES string of the molecule is Cc1sc2c(c1C)C(c1ccc(Cl)cc1)=NCC(=S)N2. The lowest BCUT2D eigenvalue weighted by atomic mass is 10.00. The first-order chi connectivity index (χ1) is 9.56. The molecule has 0 radical (unpaired) electrons. The number of benzene rings is 1. The topological polar surface area (TPSA) is 24.4 Å². The summed E-state index contributed by atoms with van der Waals surface area (Å²) < 4.78 is 0. The van der Waals surface area contributed by atoms with Gasteiger partial charge in [-0.1, -0.05) is 36.0 Å². The summed E-state index contributed by atoms with van der Waals surface area (Å²) in [4.78, 5) is 6.74. The fraction of sp³-hybridized carbons (Fsp3) is 0.200. The van der Waals surface area contributed by atoms with E-state index in [0.29, 0.717) is 6.54 Å². The van der Waals surface area contributed by atoms with Crippen LogP contribution in [0.15, 0.2) is 29.3 Å². The molecule has 0 fully saturated rings. The third-order valence-electron chi connectivity index (χ3n) is 3.37. The largest absolute Gasteiger partial charge is 0.340 e. The average molecular weight is 321 g/mol. The molecule has 1 aliphatic heterocycles. The summed E-state index contributed by atoms with van der Waals surface area (Å²) in [5.41, 5.74) is 4.49. The smallest absolute Gasteiger partial charge is 0.103 e. The number of nitrogens with zero attached hydrogens (tertiary/aromatic N) is 1. The highest BCUT2D eigenvalue weighted by Crippen LogP contribution is 2.35. The maximum absolute atomic E-state index is 5.97. The van der Waals surface area contributed by atoms with Crippen molar-refractivity contribution >= 4 is 50.9 Å². The van der Waals surface area contributed by atoms with Gasteiger partial charge in [0.05, 0.1) is 12.3 Å². The second-order valence-corrected chi connectivity index (χ2v) is 6.86. The molecule has 1 aromatic heterocycles. The zero-order chi connectivity index (χ0) is 14.3. The molecule has 0 spiro atoms. The second kappa shape index (κ2) is 5.28. The number of fused-ring (bicyclic) bond motifs is 1. The molecule has 2 aromatic rings. The van der Waals surface area contributed by atoms with Gasteiger partial charge in [0.2, 0.25) is 0 Å². The number of nitrogens with one attached hydrogen (secondary N) is 1. The van der Waals surface area contributed by atoms with Gasteiger partial charge in [-0.2, -0.15) is 0 Å². The van der Waals surface area contributed by atoms with E-state index in [1.165, 1.54) is 10.4 Å². The number of thiophene rings is 1. The van der Waals surface area contributed by atoms with Crippen molar-refractivity contribution in [2.24, 2.45) is 4.99 Å². The van der Waals surface area contributed by atoms with Gasteiger partial charge < -0.3 is 5.32 Å². The van der Waals surface area contributed by atoms with Crippen LogP contribution >= 0.6 is 35.2 Å². The number of halogens is 1. The van der Waals surface area contributed by atoms with Crippen LogP contribution in [0.2, 0.25) is 5.02 Å².